The Morgan fingerprint density at radius 3 is 2.42 bits per heavy atom. The summed E-state index contributed by atoms with van der Waals surface area (Å²) in [5, 5.41) is 1.71. The number of benzene rings is 1. The summed E-state index contributed by atoms with van der Waals surface area (Å²) >= 11 is 1.15. The number of hydrogen-bond donors (Lipinski definition) is 0. The summed E-state index contributed by atoms with van der Waals surface area (Å²) in [5.41, 5.74) is 1.18. The van der Waals surface area contributed by atoms with Crippen molar-refractivity contribution in [2.75, 3.05) is 0 Å². The molecule has 2 rings (SSSR count). The smallest absolute Gasteiger partial charge is 0.348 e. The van der Waals surface area contributed by atoms with Crippen LogP contribution in [0.5, 0.6) is 5.75 Å². The fraction of sp³-hybridized carbons (Fsp3) is 0.286. The van der Waals surface area contributed by atoms with E-state index in [9.17, 15) is 8.42 Å². The predicted octanol–water partition coefficient (Wildman–Crippen LogP) is 4.03. The number of hydrogen-bond acceptors (Lipinski definition) is 4. The Bertz CT molecular complexity index is 613. The van der Waals surface area contributed by atoms with E-state index < -0.39 is 10.1 Å². The van der Waals surface area contributed by atoms with Crippen LogP contribution in [0.3, 0.4) is 0 Å². The number of thiophene rings is 1. The highest BCUT2D eigenvalue weighted by Gasteiger charge is 2.17. The lowest BCUT2D eigenvalue weighted by molar-refractivity contribution is 0.488. The normalized spacial score (nSPS) is 13.2. The largest absolute Gasteiger partial charge is 0.378 e. The molecule has 0 amide bonds. The molecule has 0 aliphatic heterocycles. The molecule has 1 aromatic carbocycles. The van der Waals surface area contributed by atoms with E-state index >= 15 is 0 Å². The van der Waals surface area contributed by atoms with Gasteiger partial charge in [-0.15, -0.1) is 11.3 Å². The van der Waals surface area contributed by atoms with E-state index in [2.05, 4.69) is 13.8 Å². The summed E-state index contributed by atoms with van der Waals surface area (Å²) in [4.78, 5) is 0. The monoisotopic (exact) mass is 296 g/mol. The van der Waals surface area contributed by atoms with Gasteiger partial charge in [0.15, 0.2) is 4.21 Å². The van der Waals surface area contributed by atoms with Crippen LogP contribution in [0.25, 0.3) is 0 Å². The average Bonchev–Trinajstić information content (AvgIpc) is 2.93. The molecule has 1 heterocycles. The summed E-state index contributed by atoms with van der Waals surface area (Å²) in [6.45, 7) is 4.26. The summed E-state index contributed by atoms with van der Waals surface area (Å²) in [6, 6.07) is 10.4. The van der Waals surface area contributed by atoms with E-state index in [4.69, 9.17) is 4.18 Å². The van der Waals surface area contributed by atoms with Gasteiger partial charge in [0.25, 0.3) is 0 Å². The van der Waals surface area contributed by atoms with Crippen LogP contribution in [-0.2, 0) is 10.1 Å². The second-order valence-electron chi connectivity index (χ2n) is 4.35. The van der Waals surface area contributed by atoms with Gasteiger partial charge in [-0.25, -0.2) is 0 Å². The van der Waals surface area contributed by atoms with Crippen LogP contribution in [-0.4, -0.2) is 8.42 Å². The Hall–Kier alpha value is -1.33. The molecule has 0 radical (unpaired) electrons. The summed E-state index contributed by atoms with van der Waals surface area (Å²) in [5.74, 6) is 0.809. The molecule has 0 saturated carbocycles. The van der Waals surface area contributed by atoms with Gasteiger partial charge in [0.05, 0.1) is 0 Å². The average molecular weight is 296 g/mol. The molecule has 0 spiro atoms. The quantitative estimate of drug-likeness (QED) is 0.782. The van der Waals surface area contributed by atoms with Crippen molar-refractivity contribution in [2.24, 2.45) is 0 Å². The molecule has 0 saturated heterocycles. The first-order valence-corrected chi connectivity index (χ1v) is 8.39. The van der Waals surface area contributed by atoms with Crippen molar-refractivity contribution in [1.82, 2.24) is 0 Å². The first-order valence-electron chi connectivity index (χ1n) is 6.11. The van der Waals surface area contributed by atoms with Crippen LogP contribution >= 0.6 is 11.3 Å². The first kappa shape index (κ1) is 14.1. The Balaban J connectivity index is 2.16. The Kier molecular flexibility index (Phi) is 4.27. The highest BCUT2D eigenvalue weighted by molar-refractivity contribution is 7.89. The van der Waals surface area contributed by atoms with Crippen LogP contribution in [0.2, 0.25) is 0 Å². The number of rotatable bonds is 5. The zero-order chi connectivity index (χ0) is 13.9. The SMILES string of the molecule is CCC(C)c1ccc(OS(=O)(=O)c2cccs2)cc1. The van der Waals surface area contributed by atoms with E-state index in [0.29, 0.717) is 11.7 Å². The Morgan fingerprint density at radius 2 is 1.89 bits per heavy atom. The Labute approximate surface area is 118 Å². The molecular weight excluding hydrogens is 280 g/mol. The molecule has 0 fully saturated rings. The first-order chi connectivity index (χ1) is 9.03. The topological polar surface area (TPSA) is 43.4 Å². The second-order valence-corrected chi connectivity index (χ2v) is 7.07. The predicted molar refractivity (Wildman–Crippen MR) is 77.3 cm³/mol. The van der Waals surface area contributed by atoms with Crippen LogP contribution < -0.4 is 4.18 Å². The third-order valence-corrected chi connectivity index (χ3v) is 5.61. The molecule has 2 aromatic rings. The molecule has 5 heteroatoms. The maximum atomic E-state index is 11.9. The highest BCUT2D eigenvalue weighted by Crippen LogP contribution is 2.25. The third kappa shape index (κ3) is 3.36. The van der Waals surface area contributed by atoms with E-state index in [1.807, 2.05) is 12.1 Å². The van der Waals surface area contributed by atoms with E-state index in [1.54, 1.807) is 23.6 Å². The zero-order valence-electron chi connectivity index (χ0n) is 10.9. The second kappa shape index (κ2) is 5.75. The molecule has 19 heavy (non-hydrogen) atoms. The Morgan fingerprint density at radius 1 is 1.21 bits per heavy atom. The molecule has 0 N–H and O–H groups in total. The maximum absolute atomic E-state index is 11.9. The fourth-order valence-corrected chi connectivity index (χ4v) is 3.54. The molecule has 1 unspecified atom stereocenters. The lowest BCUT2D eigenvalue weighted by Crippen LogP contribution is -2.07. The van der Waals surface area contributed by atoms with Gasteiger partial charge in [0, 0.05) is 0 Å². The minimum Gasteiger partial charge on any atom is -0.378 e. The molecule has 3 nitrogen and oxygen atoms in total. The third-order valence-electron chi connectivity index (χ3n) is 3.01. The van der Waals surface area contributed by atoms with Crippen molar-refractivity contribution in [2.45, 2.75) is 30.4 Å². The molecule has 102 valence electrons. The van der Waals surface area contributed by atoms with Gasteiger partial charge in [-0.3, -0.25) is 0 Å². The lowest BCUT2D eigenvalue weighted by atomic mass is 9.99. The lowest BCUT2D eigenvalue weighted by Gasteiger charge is -2.10. The van der Waals surface area contributed by atoms with Gasteiger partial charge in [0.2, 0.25) is 0 Å². The van der Waals surface area contributed by atoms with Gasteiger partial charge < -0.3 is 4.18 Å². The van der Waals surface area contributed by atoms with Crippen LogP contribution in [0, 0.1) is 0 Å². The standard InChI is InChI=1S/C14H16O3S2/c1-3-11(2)12-6-8-13(9-7-12)17-19(15,16)14-5-4-10-18-14/h4-11H,3H2,1-2H3. The zero-order valence-corrected chi connectivity index (χ0v) is 12.5. The van der Waals surface area contributed by atoms with Crippen molar-refractivity contribution in [3.05, 3.63) is 47.3 Å². The molecule has 1 atom stereocenters. The molecule has 1 aromatic heterocycles. The minimum atomic E-state index is -3.69. The molecule has 0 aliphatic carbocycles. The van der Waals surface area contributed by atoms with Crippen LogP contribution in [0.15, 0.2) is 46.0 Å². The van der Waals surface area contributed by atoms with Gasteiger partial charge in [-0.1, -0.05) is 32.0 Å². The van der Waals surface area contributed by atoms with Crippen LogP contribution in [0.4, 0.5) is 0 Å². The molecule has 0 bridgehead atoms. The van der Waals surface area contributed by atoms with Crippen molar-refractivity contribution < 1.29 is 12.6 Å². The van der Waals surface area contributed by atoms with Crippen molar-refractivity contribution in [3.63, 3.8) is 0 Å². The summed E-state index contributed by atoms with van der Waals surface area (Å²) in [7, 11) is -3.69. The maximum Gasteiger partial charge on any atom is 0.348 e. The fourth-order valence-electron chi connectivity index (χ4n) is 1.66. The van der Waals surface area contributed by atoms with E-state index in [1.165, 1.54) is 11.6 Å². The van der Waals surface area contributed by atoms with Gasteiger partial charge >= 0.3 is 10.1 Å². The van der Waals surface area contributed by atoms with Gasteiger partial charge in [-0.2, -0.15) is 8.42 Å². The van der Waals surface area contributed by atoms with Crippen molar-refractivity contribution in [1.29, 1.82) is 0 Å². The van der Waals surface area contributed by atoms with Gasteiger partial charge in [0.1, 0.15) is 5.75 Å². The van der Waals surface area contributed by atoms with Crippen molar-refractivity contribution >= 4 is 21.5 Å². The summed E-state index contributed by atoms with van der Waals surface area (Å²) < 4.78 is 29.2. The molecule has 0 aliphatic rings. The van der Waals surface area contributed by atoms with Crippen molar-refractivity contribution in [3.8, 4) is 5.75 Å². The van der Waals surface area contributed by atoms with Crippen LogP contribution in [0.1, 0.15) is 31.7 Å². The highest BCUT2D eigenvalue weighted by atomic mass is 32.3. The molecular formula is C14H16O3S2. The minimum absolute atomic E-state index is 0.221. The summed E-state index contributed by atoms with van der Waals surface area (Å²) in [6.07, 6.45) is 1.05. The van der Waals surface area contributed by atoms with Gasteiger partial charge in [-0.05, 0) is 41.5 Å². The van der Waals surface area contributed by atoms with E-state index in [-0.39, 0.29) is 4.21 Å². The van der Waals surface area contributed by atoms with E-state index in [0.717, 1.165) is 17.8 Å².